The number of para-hydroxylation sites is 2. The molecule has 298 valence electrons. The summed E-state index contributed by atoms with van der Waals surface area (Å²) in [6.45, 7) is 0. The molecule has 0 unspecified atom stereocenters. The fourth-order valence-electron chi connectivity index (χ4n) is 8.04. The predicted molar refractivity (Wildman–Crippen MR) is 258 cm³/mol. The van der Waals surface area contributed by atoms with Gasteiger partial charge in [-0.15, -0.1) is 0 Å². The Hall–Kier alpha value is -8.48. The molecule has 10 aromatic carbocycles. The molecule has 4 N–H and O–H groups in total. The maximum absolute atomic E-state index is 6.49. The Kier molecular flexibility index (Phi) is 10.1. The molecular weight excluding hydrogens is 761 g/mol. The Labute approximate surface area is 361 Å². The number of ether oxygens (including phenoxy) is 2. The lowest BCUT2D eigenvalue weighted by Gasteiger charge is -2.28. The van der Waals surface area contributed by atoms with Crippen LogP contribution in [0, 0.1) is 0 Å². The fourth-order valence-corrected chi connectivity index (χ4v) is 8.04. The van der Waals surface area contributed by atoms with E-state index in [2.05, 4.69) is 131 Å². The number of hydrogen-bond donors (Lipinski definition) is 2. The van der Waals surface area contributed by atoms with Gasteiger partial charge >= 0.3 is 0 Å². The molecule has 0 aliphatic heterocycles. The van der Waals surface area contributed by atoms with E-state index in [1.807, 2.05) is 109 Å². The van der Waals surface area contributed by atoms with Crippen LogP contribution in [-0.4, -0.2) is 0 Å². The second-order valence-electron chi connectivity index (χ2n) is 15.0. The van der Waals surface area contributed by atoms with Crippen LogP contribution in [0.25, 0.3) is 32.7 Å². The first kappa shape index (κ1) is 37.8. The second-order valence-corrected chi connectivity index (χ2v) is 15.0. The zero-order valence-electron chi connectivity index (χ0n) is 33.8. The molecule has 0 spiro atoms. The average molecular weight is 803 g/mol. The van der Waals surface area contributed by atoms with Gasteiger partial charge in [-0.05, 0) is 132 Å². The van der Waals surface area contributed by atoms with Gasteiger partial charge in [0.2, 0.25) is 0 Å². The Balaban J connectivity index is 0.989. The third kappa shape index (κ3) is 7.60. The van der Waals surface area contributed by atoms with E-state index in [1.165, 1.54) is 0 Å². The van der Waals surface area contributed by atoms with Crippen LogP contribution in [0.3, 0.4) is 0 Å². The van der Waals surface area contributed by atoms with Crippen LogP contribution in [0.1, 0.15) is 0 Å². The molecule has 0 aromatic heterocycles. The van der Waals surface area contributed by atoms with Gasteiger partial charge in [-0.2, -0.15) is 0 Å². The van der Waals surface area contributed by atoms with Crippen LogP contribution in [0.15, 0.2) is 231 Å². The van der Waals surface area contributed by atoms with Crippen LogP contribution in [-0.2, 0) is 0 Å². The molecule has 6 nitrogen and oxygen atoms in total. The summed E-state index contributed by atoms with van der Waals surface area (Å²) in [7, 11) is 0. The molecule has 0 fully saturated rings. The first-order chi connectivity index (χ1) is 30.6. The molecule has 10 aromatic rings. The minimum atomic E-state index is 0.743. The van der Waals surface area contributed by atoms with Crippen molar-refractivity contribution in [1.82, 2.24) is 0 Å². The summed E-state index contributed by atoms with van der Waals surface area (Å²) in [6.07, 6.45) is 0. The number of hydrogen-bond acceptors (Lipinski definition) is 6. The normalized spacial score (nSPS) is 11.0. The van der Waals surface area contributed by atoms with Crippen molar-refractivity contribution in [2.45, 2.75) is 0 Å². The maximum atomic E-state index is 6.49. The van der Waals surface area contributed by atoms with Crippen LogP contribution in [0.4, 0.5) is 45.5 Å². The summed E-state index contributed by atoms with van der Waals surface area (Å²) < 4.78 is 12.3. The van der Waals surface area contributed by atoms with Gasteiger partial charge in [0.05, 0.1) is 11.4 Å². The van der Waals surface area contributed by atoms with Crippen molar-refractivity contribution in [3.63, 3.8) is 0 Å². The first-order valence-corrected chi connectivity index (χ1v) is 20.6. The quantitative estimate of drug-likeness (QED) is 0.127. The first-order valence-electron chi connectivity index (χ1n) is 20.6. The molecule has 0 saturated heterocycles. The summed E-state index contributed by atoms with van der Waals surface area (Å²) in [4.78, 5) is 4.54. The largest absolute Gasteiger partial charge is 0.457 e. The average Bonchev–Trinajstić information content (AvgIpc) is 3.33. The molecule has 62 heavy (non-hydrogen) atoms. The van der Waals surface area contributed by atoms with Gasteiger partial charge in [-0.1, -0.05) is 109 Å². The maximum Gasteiger partial charge on any atom is 0.127 e. The molecule has 0 atom stereocenters. The topological polar surface area (TPSA) is 77.0 Å². The standard InChI is InChI=1S/C56H42N4O2/c57-53-35-37-55(51-17-9-7-15-49(51)53)59(43-27-31-47(32-28-43)61-45-11-3-1-4-12-45)41-23-19-39(20-24-41)40-21-25-42(26-22-40)60(56-38-36-54(58)50-16-8-10-18-52(50)56)44-29-33-48(34-30-44)62-46-13-5-2-6-14-46/h1-38H,57-58H2. The molecule has 0 aliphatic rings. The smallest absolute Gasteiger partial charge is 0.127 e. The molecule has 0 amide bonds. The molecule has 10 rings (SSSR count). The highest BCUT2D eigenvalue weighted by Gasteiger charge is 2.19. The highest BCUT2D eigenvalue weighted by molar-refractivity contribution is 6.05. The van der Waals surface area contributed by atoms with Gasteiger partial charge in [0, 0.05) is 55.7 Å². The third-order valence-corrected chi connectivity index (χ3v) is 11.1. The summed E-state index contributed by atoms with van der Waals surface area (Å²) in [5.74, 6) is 3.11. The molecule has 0 bridgehead atoms. The minimum absolute atomic E-state index is 0.743. The number of anilines is 8. The molecule has 0 radical (unpaired) electrons. The zero-order valence-corrected chi connectivity index (χ0v) is 33.8. The number of nitrogens with two attached hydrogens (primary N) is 2. The van der Waals surface area contributed by atoms with Crippen molar-refractivity contribution >= 4 is 67.0 Å². The van der Waals surface area contributed by atoms with E-state index in [9.17, 15) is 0 Å². The number of benzene rings is 10. The number of nitrogen functional groups attached to an aromatic ring is 2. The van der Waals surface area contributed by atoms with Crippen molar-refractivity contribution in [2.75, 3.05) is 21.3 Å². The predicted octanol–water partition coefficient (Wildman–Crippen LogP) is 15.3. The van der Waals surface area contributed by atoms with Crippen LogP contribution < -0.4 is 30.7 Å². The molecule has 0 aliphatic carbocycles. The van der Waals surface area contributed by atoms with Gasteiger partial charge in [0.25, 0.3) is 0 Å². The summed E-state index contributed by atoms with van der Waals surface area (Å²) >= 11 is 0. The van der Waals surface area contributed by atoms with Crippen molar-refractivity contribution in [1.29, 1.82) is 0 Å². The van der Waals surface area contributed by atoms with Gasteiger partial charge in [-0.3, -0.25) is 0 Å². The van der Waals surface area contributed by atoms with E-state index in [0.29, 0.717) is 0 Å². The Morgan fingerprint density at radius 1 is 0.258 bits per heavy atom. The lowest BCUT2D eigenvalue weighted by molar-refractivity contribution is 0.482. The zero-order chi connectivity index (χ0) is 41.8. The van der Waals surface area contributed by atoms with E-state index in [0.717, 1.165) is 101 Å². The van der Waals surface area contributed by atoms with E-state index >= 15 is 0 Å². The summed E-state index contributed by atoms with van der Waals surface area (Å²) in [5.41, 5.74) is 22.7. The fraction of sp³-hybridized carbons (Fsp3) is 0. The highest BCUT2D eigenvalue weighted by atomic mass is 16.5. The van der Waals surface area contributed by atoms with Crippen LogP contribution in [0.5, 0.6) is 23.0 Å². The molecule has 0 heterocycles. The molecular formula is C56H42N4O2. The SMILES string of the molecule is Nc1ccc(N(c2ccc(Oc3ccccc3)cc2)c2ccc(-c3ccc(N(c4ccc(Oc5ccccc5)cc4)c4ccc(N)c5ccccc45)cc3)cc2)c2ccccc12. The Morgan fingerprint density at radius 3 is 0.903 bits per heavy atom. The van der Waals surface area contributed by atoms with Gasteiger partial charge in [-0.25, -0.2) is 0 Å². The summed E-state index contributed by atoms with van der Waals surface area (Å²) in [5, 5.41) is 4.14. The van der Waals surface area contributed by atoms with Crippen molar-refractivity contribution in [2.24, 2.45) is 0 Å². The van der Waals surface area contributed by atoms with E-state index < -0.39 is 0 Å². The second kappa shape index (κ2) is 16.6. The van der Waals surface area contributed by atoms with Crippen LogP contribution in [0.2, 0.25) is 0 Å². The lowest BCUT2D eigenvalue weighted by atomic mass is 10.0. The van der Waals surface area contributed by atoms with E-state index in [-0.39, 0.29) is 0 Å². The Bertz CT molecular complexity index is 2900. The Morgan fingerprint density at radius 2 is 0.548 bits per heavy atom. The number of rotatable bonds is 11. The van der Waals surface area contributed by atoms with Crippen molar-refractivity contribution < 1.29 is 9.47 Å². The molecule has 0 saturated carbocycles. The van der Waals surface area contributed by atoms with Crippen LogP contribution >= 0.6 is 0 Å². The van der Waals surface area contributed by atoms with Gasteiger partial charge < -0.3 is 30.7 Å². The number of nitrogens with zero attached hydrogens (tertiary/aromatic N) is 2. The third-order valence-electron chi connectivity index (χ3n) is 11.1. The number of fused-ring (bicyclic) bond motifs is 2. The van der Waals surface area contributed by atoms with E-state index in [4.69, 9.17) is 20.9 Å². The van der Waals surface area contributed by atoms with Crippen molar-refractivity contribution in [3.8, 4) is 34.1 Å². The lowest BCUT2D eigenvalue weighted by Crippen LogP contribution is -2.11. The van der Waals surface area contributed by atoms with Crippen molar-refractivity contribution in [3.05, 3.63) is 231 Å². The van der Waals surface area contributed by atoms with Gasteiger partial charge in [0.15, 0.2) is 0 Å². The van der Waals surface area contributed by atoms with E-state index in [1.54, 1.807) is 0 Å². The monoisotopic (exact) mass is 802 g/mol. The minimum Gasteiger partial charge on any atom is -0.457 e. The van der Waals surface area contributed by atoms with Gasteiger partial charge in [0.1, 0.15) is 23.0 Å². The summed E-state index contributed by atoms with van der Waals surface area (Å²) in [6, 6.07) is 78.2. The highest BCUT2D eigenvalue weighted by Crippen LogP contribution is 2.44. The molecule has 6 heteroatoms.